The quantitative estimate of drug-likeness (QED) is 0.897. The molecule has 0 aliphatic carbocycles. The highest BCUT2D eigenvalue weighted by Crippen LogP contribution is 2.22. The highest BCUT2D eigenvalue weighted by molar-refractivity contribution is 5.30. The molecule has 0 bridgehead atoms. The fraction of sp³-hybridized carbons (Fsp3) is 0.400. The Bertz CT molecular complexity index is 548. The van der Waals surface area contributed by atoms with Crippen LogP contribution in [-0.4, -0.2) is 16.3 Å². The number of rotatable bonds is 5. The van der Waals surface area contributed by atoms with E-state index in [0.29, 0.717) is 0 Å². The number of nitrogens with zero attached hydrogens (tertiary/aromatic N) is 2. The second kappa shape index (κ2) is 5.97. The molecule has 3 nitrogen and oxygen atoms in total. The van der Waals surface area contributed by atoms with Gasteiger partial charge in [-0.1, -0.05) is 13.0 Å². The third-order valence-electron chi connectivity index (χ3n) is 3.24. The molecule has 2 aromatic rings. The highest BCUT2D eigenvalue weighted by Gasteiger charge is 2.15. The van der Waals surface area contributed by atoms with Crippen LogP contribution in [0.1, 0.15) is 29.8 Å². The summed E-state index contributed by atoms with van der Waals surface area (Å²) in [5.74, 6) is -0.186. The first-order valence-corrected chi connectivity index (χ1v) is 6.58. The third-order valence-corrected chi connectivity index (χ3v) is 3.24. The molecule has 0 aliphatic rings. The molecule has 0 amide bonds. The molecular formula is C15H20FN3. The molecule has 4 heteroatoms. The van der Waals surface area contributed by atoms with Crippen LogP contribution in [0.4, 0.5) is 4.39 Å². The molecule has 1 heterocycles. The van der Waals surface area contributed by atoms with E-state index in [1.54, 1.807) is 10.7 Å². The van der Waals surface area contributed by atoms with E-state index in [2.05, 4.69) is 17.3 Å². The molecule has 1 unspecified atom stereocenters. The lowest BCUT2D eigenvalue weighted by atomic mass is 9.97. The zero-order chi connectivity index (χ0) is 13.8. The summed E-state index contributed by atoms with van der Waals surface area (Å²) in [5, 5.41) is 7.85. The lowest BCUT2D eigenvalue weighted by Crippen LogP contribution is -2.24. The number of hydrogen-bond acceptors (Lipinski definition) is 2. The topological polar surface area (TPSA) is 29.9 Å². The average Bonchev–Trinajstić information content (AvgIpc) is 2.74. The standard InChI is InChI=1S/C15H20FN3/c1-4-17-15(10-13-7-8-19(3)18-13)14-6-5-12(16)9-11(14)2/h5-9,15,17H,4,10H2,1-3H3. The maximum Gasteiger partial charge on any atom is 0.123 e. The lowest BCUT2D eigenvalue weighted by molar-refractivity contribution is 0.535. The summed E-state index contributed by atoms with van der Waals surface area (Å²) in [5.41, 5.74) is 3.15. The molecule has 1 aromatic carbocycles. The Balaban J connectivity index is 2.23. The van der Waals surface area contributed by atoms with E-state index >= 15 is 0 Å². The van der Waals surface area contributed by atoms with Crippen molar-refractivity contribution in [2.45, 2.75) is 26.3 Å². The van der Waals surface area contributed by atoms with Gasteiger partial charge in [-0.05, 0) is 42.8 Å². The van der Waals surface area contributed by atoms with E-state index < -0.39 is 0 Å². The molecule has 0 radical (unpaired) electrons. The van der Waals surface area contributed by atoms with Gasteiger partial charge in [-0.15, -0.1) is 0 Å². The molecule has 0 saturated heterocycles. The zero-order valence-electron chi connectivity index (χ0n) is 11.7. The Morgan fingerprint density at radius 1 is 1.37 bits per heavy atom. The molecule has 2 rings (SSSR count). The maximum atomic E-state index is 13.2. The van der Waals surface area contributed by atoms with Crippen molar-refractivity contribution in [1.82, 2.24) is 15.1 Å². The summed E-state index contributed by atoms with van der Waals surface area (Å²) in [6.07, 6.45) is 2.75. The van der Waals surface area contributed by atoms with Crippen LogP contribution in [0, 0.1) is 12.7 Å². The van der Waals surface area contributed by atoms with Crippen LogP contribution in [0.3, 0.4) is 0 Å². The van der Waals surface area contributed by atoms with Gasteiger partial charge in [0.1, 0.15) is 5.82 Å². The van der Waals surface area contributed by atoms with E-state index in [1.807, 2.05) is 32.3 Å². The predicted molar refractivity (Wildman–Crippen MR) is 74.5 cm³/mol. The van der Waals surface area contributed by atoms with Gasteiger partial charge in [-0.25, -0.2) is 4.39 Å². The van der Waals surface area contributed by atoms with Crippen molar-refractivity contribution in [2.24, 2.45) is 7.05 Å². The molecule has 1 atom stereocenters. The second-order valence-corrected chi connectivity index (χ2v) is 4.80. The molecule has 0 fully saturated rings. The van der Waals surface area contributed by atoms with Crippen molar-refractivity contribution >= 4 is 0 Å². The second-order valence-electron chi connectivity index (χ2n) is 4.80. The average molecular weight is 261 g/mol. The van der Waals surface area contributed by atoms with Gasteiger partial charge in [-0.2, -0.15) is 5.10 Å². The van der Waals surface area contributed by atoms with E-state index in [1.165, 1.54) is 6.07 Å². The summed E-state index contributed by atoms with van der Waals surface area (Å²) >= 11 is 0. The minimum absolute atomic E-state index is 0.167. The van der Waals surface area contributed by atoms with E-state index in [0.717, 1.165) is 29.8 Å². The monoisotopic (exact) mass is 261 g/mol. The van der Waals surface area contributed by atoms with Crippen molar-refractivity contribution in [3.05, 3.63) is 53.1 Å². The smallest absolute Gasteiger partial charge is 0.123 e. The van der Waals surface area contributed by atoms with Crippen LogP contribution in [0.15, 0.2) is 30.5 Å². The van der Waals surface area contributed by atoms with E-state index in [9.17, 15) is 4.39 Å². The van der Waals surface area contributed by atoms with Crippen molar-refractivity contribution in [3.63, 3.8) is 0 Å². The molecule has 102 valence electrons. The highest BCUT2D eigenvalue weighted by atomic mass is 19.1. The summed E-state index contributed by atoms with van der Waals surface area (Å²) in [7, 11) is 1.91. The summed E-state index contributed by atoms with van der Waals surface area (Å²) in [6, 6.07) is 7.15. The molecule has 1 aromatic heterocycles. The van der Waals surface area contributed by atoms with Crippen molar-refractivity contribution in [2.75, 3.05) is 6.54 Å². The largest absolute Gasteiger partial charge is 0.310 e. The third kappa shape index (κ3) is 3.41. The van der Waals surface area contributed by atoms with E-state index in [4.69, 9.17) is 0 Å². The van der Waals surface area contributed by atoms with Gasteiger partial charge in [0.25, 0.3) is 0 Å². The normalized spacial score (nSPS) is 12.6. The SMILES string of the molecule is CCNC(Cc1ccn(C)n1)c1ccc(F)cc1C. The first-order chi connectivity index (χ1) is 9.10. The number of benzene rings is 1. The number of aromatic nitrogens is 2. The van der Waals surface area contributed by atoms with Gasteiger partial charge >= 0.3 is 0 Å². The van der Waals surface area contributed by atoms with Crippen molar-refractivity contribution < 1.29 is 4.39 Å². The Labute approximate surface area is 113 Å². The molecule has 0 spiro atoms. The van der Waals surface area contributed by atoms with Crippen LogP contribution in [0.2, 0.25) is 0 Å². The van der Waals surface area contributed by atoms with Crippen LogP contribution >= 0.6 is 0 Å². The Morgan fingerprint density at radius 3 is 2.74 bits per heavy atom. The summed E-state index contributed by atoms with van der Waals surface area (Å²) < 4.78 is 15.0. The first-order valence-electron chi connectivity index (χ1n) is 6.58. The predicted octanol–water partition coefficient (Wildman–Crippen LogP) is 2.76. The Hall–Kier alpha value is -1.68. The van der Waals surface area contributed by atoms with Crippen LogP contribution in [0.25, 0.3) is 0 Å². The number of nitrogens with one attached hydrogen (secondary N) is 1. The molecule has 0 aliphatic heterocycles. The molecule has 1 N–H and O–H groups in total. The van der Waals surface area contributed by atoms with Crippen LogP contribution < -0.4 is 5.32 Å². The van der Waals surface area contributed by atoms with Gasteiger partial charge in [0.2, 0.25) is 0 Å². The Kier molecular flexibility index (Phi) is 4.32. The number of hydrogen-bond donors (Lipinski definition) is 1. The fourth-order valence-electron chi connectivity index (χ4n) is 2.35. The molecule has 0 saturated carbocycles. The van der Waals surface area contributed by atoms with Crippen molar-refractivity contribution in [1.29, 1.82) is 0 Å². The number of halogens is 1. The van der Waals surface area contributed by atoms with Gasteiger partial charge in [0, 0.05) is 25.7 Å². The molecule has 19 heavy (non-hydrogen) atoms. The Morgan fingerprint density at radius 2 is 2.16 bits per heavy atom. The molecular weight excluding hydrogens is 241 g/mol. The number of likely N-dealkylation sites (N-methyl/N-ethyl adjacent to an activating group) is 1. The first kappa shape index (κ1) is 13.7. The zero-order valence-corrected chi connectivity index (χ0v) is 11.7. The van der Waals surface area contributed by atoms with Gasteiger partial charge < -0.3 is 5.32 Å². The van der Waals surface area contributed by atoms with Crippen LogP contribution in [0.5, 0.6) is 0 Å². The van der Waals surface area contributed by atoms with Crippen LogP contribution in [-0.2, 0) is 13.5 Å². The summed E-state index contributed by atoms with van der Waals surface area (Å²) in [4.78, 5) is 0. The lowest BCUT2D eigenvalue weighted by Gasteiger charge is -2.19. The van der Waals surface area contributed by atoms with Gasteiger partial charge in [0.15, 0.2) is 0 Å². The fourth-order valence-corrected chi connectivity index (χ4v) is 2.35. The van der Waals surface area contributed by atoms with Crippen molar-refractivity contribution in [3.8, 4) is 0 Å². The van der Waals surface area contributed by atoms with Gasteiger partial charge in [0.05, 0.1) is 5.69 Å². The number of aryl methyl sites for hydroxylation is 2. The minimum atomic E-state index is -0.186. The maximum absolute atomic E-state index is 13.2. The summed E-state index contributed by atoms with van der Waals surface area (Å²) in [6.45, 7) is 4.89. The van der Waals surface area contributed by atoms with E-state index in [-0.39, 0.29) is 11.9 Å². The minimum Gasteiger partial charge on any atom is -0.310 e. The van der Waals surface area contributed by atoms with Gasteiger partial charge in [-0.3, -0.25) is 4.68 Å².